The van der Waals surface area contributed by atoms with Gasteiger partial charge in [-0.3, -0.25) is 4.79 Å². The summed E-state index contributed by atoms with van der Waals surface area (Å²) in [6.07, 6.45) is 4.88. The lowest BCUT2D eigenvalue weighted by Crippen LogP contribution is -2.27. The van der Waals surface area contributed by atoms with Gasteiger partial charge in [0.15, 0.2) is 5.78 Å². The van der Waals surface area contributed by atoms with Gasteiger partial charge >= 0.3 is 0 Å². The minimum Gasteiger partial charge on any atom is -0.488 e. The second-order valence-electron chi connectivity index (χ2n) is 4.63. The summed E-state index contributed by atoms with van der Waals surface area (Å²) >= 11 is 9.36. The number of hydrogen-bond donors (Lipinski definition) is 0. The van der Waals surface area contributed by atoms with Crippen LogP contribution in [0.25, 0.3) is 0 Å². The van der Waals surface area contributed by atoms with E-state index in [1.54, 1.807) is 12.1 Å². The largest absolute Gasteiger partial charge is 0.488 e. The molecule has 18 heavy (non-hydrogen) atoms. The maximum absolute atomic E-state index is 12.1. The van der Waals surface area contributed by atoms with E-state index in [2.05, 4.69) is 22.9 Å². The molecule has 1 aliphatic heterocycles. The molecule has 0 spiro atoms. The molecule has 0 saturated carbocycles. The average Bonchev–Trinajstić information content (AvgIpc) is 2.31. The predicted molar refractivity (Wildman–Crippen MR) is 76.7 cm³/mol. The van der Waals surface area contributed by atoms with E-state index >= 15 is 0 Å². The smallest absolute Gasteiger partial charge is 0.170 e. The second kappa shape index (κ2) is 6.07. The van der Waals surface area contributed by atoms with E-state index in [0.29, 0.717) is 22.8 Å². The van der Waals surface area contributed by atoms with Gasteiger partial charge < -0.3 is 4.74 Å². The Bertz CT molecular complexity index is 459. The molecule has 1 atom stereocenters. The molecule has 0 fully saturated rings. The van der Waals surface area contributed by atoms with Crippen LogP contribution in [0.2, 0.25) is 5.02 Å². The van der Waals surface area contributed by atoms with E-state index in [-0.39, 0.29) is 11.9 Å². The maximum Gasteiger partial charge on any atom is 0.170 e. The molecule has 0 aromatic heterocycles. The van der Waals surface area contributed by atoms with Gasteiger partial charge in [-0.05, 0) is 40.9 Å². The van der Waals surface area contributed by atoms with Gasteiger partial charge in [0.25, 0.3) is 0 Å². The SMILES string of the molecule is CCCCC[C@@H]1CC(=O)c2cc(Cl)cc(Br)c2O1. The Morgan fingerprint density at radius 3 is 2.94 bits per heavy atom. The first kappa shape index (κ1) is 13.9. The van der Waals surface area contributed by atoms with Crippen LogP contribution in [0, 0.1) is 0 Å². The fourth-order valence-corrected chi connectivity index (χ4v) is 3.10. The number of fused-ring (bicyclic) bond motifs is 1. The first-order chi connectivity index (χ1) is 8.61. The summed E-state index contributed by atoms with van der Waals surface area (Å²) in [5.41, 5.74) is 0.598. The maximum atomic E-state index is 12.1. The molecule has 2 nitrogen and oxygen atoms in total. The number of benzene rings is 1. The standard InChI is InChI=1S/C14H16BrClO2/c1-2-3-4-5-10-8-13(17)11-6-9(16)7-12(15)14(11)18-10/h6-7,10H,2-5,8H2,1H3/t10-/m1/s1. The first-order valence-electron chi connectivity index (χ1n) is 6.30. The minimum absolute atomic E-state index is 0.00836. The molecule has 0 N–H and O–H groups in total. The summed E-state index contributed by atoms with van der Waals surface area (Å²) in [4.78, 5) is 12.1. The molecule has 98 valence electrons. The summed E-state index contributed by atoms with van der Waals surface area (Å²) in [6.45, 7) is 2.17. The summed E-state index contributed by atoms with van der Waals surface area (Å²) < 4.78 is 6.67. The van der Waals surface area contributed by atoms with Gasteiger partial charge in [0.2, 0.25) is 0 Å². The molecule has 0 bridgehead atoms. The lowest BCUT2D eigenvalue weighted by atomic mass is 9.97. The van der Waals surface area contributed by atoms with Crippen LogP contribution in [-0.2, 0) is 0 Å². The highest BCUT2D eigenvalue weighted by Gasteiger charge is 2.28. The van der Waals surface area contributed by atoms with Crippen LogP contribution in [0.15, 0.2) is 16.6 Å². The van der Waals surface area contributed by atoms with Crippen LogP contribution in [0.1, 0.15) is 49.4 Å². The molecular weight excluding hydrogens is 316 g/mol. The molecule has 4 heteroatoms. The Labute approximate surface area is 121 Å². The van der Waals surface area contributed by atoms with Gasteiger partial charge in [-0.25, -0.2) is 0 Å². The van der Waals surface area contributed by atoms with Gasteiger partial charge in [-0.15, -0.1) is 0 Å². The van der Waals surface area contributed by atoms with Crippen LogP contribution >= 0.6 is 27.5 Å². The van der Waals surface area contributed by atoms with Crippen LogP contribution in [0.5, 0.6) is 5.75 Å². The fraction of sp³-hybridized carbons (Fsp3) is 0.500. The van der Waals surface area contributed by atoms with Crippen molar-refractivity contribution in [1.82, 2.24) is 0 Å². The quantitative estimate of drug-likeness (QED) is 0.724. The Hall–Kier alpha value is -0.540. The van der Waals surface area contributed by atoms with Crippen LogP contribution in [0.4, 0.5) is 0 Å². The van der Waals surface area contributed by atoms with Gasteiger partial charge in [0, 0.05) is 11.4 Å². The Kier molecular flexibility index (Phi) is 4.68. The molecule has 2 rings (SSSR count). The number of halogens is 2. The zero-order valence-electron chi connectivity index (χ0n) is 10.3. The van der Waals surface area contributed by atoms with E-state index < -0.39 is 0 Å². The molecule has 0 radical (unpaired) electrons. The van der Waals surface area contributed by atoms with Gasteiger partial charge in [-0.1, -0.05) is 31.4 Å². The number of rotatable bonds is 4. The summed E-state index contributed by atoms with van der Waals surface area (Å²) in [6, 6.07) is 3.45. The third kappa shape index (κ3) is 3.07. The highest BCUT2D eigenvalue weighted by molar-refractivity contribution is 9.10. The van der Waals surface area contributed by atoms with Crippen LogP contribution in [-0.4, -0.2) is 11.9 Å². The Balaban J connectivity index is 2.15. The normalized spacial score (nSPS) is 18.4. The van der Waals surface area contributed by atoms with E-state index in [1.807, 2.05) is 0 Å². The Morgan fingerprint density at radius 2 is 2.22 bits per heavy atom. The summed E-state index contributed by atoms with van der Waals surface area (Å²) in [5, 5.41) is 0.557. The van der Waals surface area contributed by atoms with E-state index in [0.717, 1.165) is 17.3 Å². The average molecular weight is 332 g/mol. The topological polar surface area (TPSA) is 26.3 Å². The van der Waals surface area contributed by atoms with Crippen molar-refractivity contribution in [3.63, 3.8) is 0 Å². The number of hydrogen-bond acceptors (Lipinski definition) is 2. The predicted octanol–water partition coefficient (Wildman–Crippen LogP) is 5.02. The minimum atomic E-state index is 0.00836. The summed E-state index contributed by atoms with van der Waals surface area (Å²) in [7, 11) is 0. The monoisotopic (exact) mass is 330 g/mol. The van der Waals surface area contributed by atoms with Crippen molar-refractivity contribution < 1.29 is 9.53 Å². The van der Waals surface area contributed by atoms with Crippen molar-refractivity contribution >= 4 is 33.3 Å². The van der Waals surface area contributed by atoms with Gasteiger partial charge in [-0.2, -0.15) is 0 Å². The van der Waals surface area contributed by atoms with Crippen molar-refractivity contribution in [2.45, 2.75) is 45.1 Å². The van der Waals surface area contributed by atoms with Crippen molar-refractivity contribution in [3.05, 3.63) is 27.2 Å². The molecule has 0 aliphatic carbocycles. The zero-order valence-corrected chi connectivity index (χ0v) is 12.7. The molecular formula is C14H16BrClO2. The number of unbranched alkanes of at least 4 members (excludes halogenated alkanes) is 2. The third-order valence-electron chi connectivity index (χ3n) is 3.14. The Morgan fingerprint density at radius 1 is 1.44 bits per heavy atom. The molecule has 0 saturated heterocycles. The molecule has 1 aliphatic rings. The number of Topliss-reactive ketones (excluding diaryl/α,β-unsaturated/α-hetero) is 1. The second-order valence-corrected chi connectivity index (χ2v) is 5.92. The molecule has 0 amide bonds. The van der Waals surface area contributed by atoms with Gasteiger partial charge in [0.05, 0.1) is 10.0 Å². The molecule has 1 heterocycles. The molecule has 0 unspecified atom stereocenters. The van der Waals surface area contributed by atoms with E-state index in [4.69, 9.17) is 16.3 Å². The highest BCUT2D eigenvalue weighted by atomic mass is 79.9. The van der Waals surface area contributed by atoms with Gasteiger partial charge in [0.1, 0.15) is 11.9 Å². The molecule has 1 aromatic rings. The van der Waals surface area contributed by atoms with Crippen LogP contribution in [0.3, 0.4) is 0 Å². The lowest BCUT2D eigenvalue weighted by Gasteiger charge is -2.26. The number of carbonyl (C=O) groups excluding carboxylic acids is 1. The summed E-state index contributed by atoms with van der Waals surface area (Å²) in [5.74, 6) is 0.776. The van der Waals surface area contributed by atoms with E-state index in [1.165, 1.54) is 12.8 Å². The zero-order chi connectivity index (χ0) is 13.1. The van der Waals surface area contributed by atoms with E-state index in [9.17, 15) is 4.79 Å². The number of ether oxygens (including phenoxy) is 1. The third-order valence-corrected chi connectivity index (χ3v) is 3.94. The van der Waals surface area contributed by atoms with Crippen molar-refractivity contribution in [3.8, 4) is 5.75 Å². The number of carbonyl (C=O) groups is 1. The first-order valence-corrected chi connectivity index (χ1v) is 7.47. The van der Waals surface area contributed by atoms with Crippen molar-refractivity contribution in [2.24, 2.45) is 0 Å². The van der Waals surface area contributed by atoms with Crippen molar-refractivity contribution in [2.75, 3.05) is 0 Å². The van der Waals surface area contributed by atoms with Crippen LogP contribution < -0.4 is 4.74 Å². The number of ketones is 1. The highest BCUT2D eigenvalue weighted by Crippen LogP contribution is 2.38. The fourth-order valence-electron chi connectivity index (χ4n) is 2.20. The van der Waals surface area contributed by atoms with Crippen molar-refractivity contribution in [1.29, 1.82) is 0 Å². The lowest BCUT2D eigenvalue weighted by molar-refractivity contribution is 0.0833. The molecule has 1 aromatic carbocycles.